The Balaban J connectivity index is 1.45. The Labute approximate surface area is 193 Å². The zero-order valence-electron chi connectivity index (χ0n) is 16.6. The van der Waals surface area contributed by atoms with Crippen LogP contribution in [0, 0.1) is 0 Å². The van der Waals surface area contributed by atoms with Crippen molar-refractivity contribution in [3.8, 4) is 11.5 Å². The number of hydrogen-bond donors (Lipinski definition) is 1. The summed E-state index contributed by atoms with van der Waals surface area (Å²) >= 11 is 8.80. The van der Waals surface area contributed by atoms with Gasteiger partial charge in [0, 0.05) is 6.08 Å². The molecule has 0 spiro atoms. The van der Waals surface area contributed by atoms with Gasteiger partial charge in [-0.1, -0.05) is 12.1 Å². The first-order valence-corrected chi connectivity index (χ1v) is 10.8. The average molecular weight is 499 g/mol. The summed E-state index contributed by atoms with van der Waals surface area (Å²) in [6.07, 6.45) is 1.63. The van der Waals surface area contributed by atoms with Crippen molar-refractivity contribution in [1.82, 2.24) is 5.32 Å². The maximum Gasteiger partial charge on any atom is 0.281 e. The predicted molar refractivity (Wildman–Crippen MR) is 126 cm³/mol. The first-order chi connectivity index (χ1) is 15.0. The highest BCUT2D eigenvalue weighted by Gasteiger charge is 2.32. The third kappa shape index (κ3) is 4.81. The molecule has 1 N–H and O–H groups in total. The van der Waals surface area contributed by atoms with Gasteiger partial charge in [-0.05, 0) is 83.6 Å². The van der Waals surface area contributed by atoms with Crippen molar-refractivity contribution in [2.45, 2.75) is 13.5 Å². The fourth-order valence-electron chi connectivity index (χ4n) is 3.03. The molecule has 0 unspecified atom stereocenters. The first kappa shape index (κ1) is 21.1. The quantitative estimate of drug-likeness (QED) is 0.353. The van der Waals surface area contributed by atoms with Crippen molar-refractivity contribution in [1.29, 1.82) is 0 Å². The van der Waals surface area contributed by atoms with Crippen LogP contribution in [0.5, 0.6) is 11.5 Å². The highest BCUT2D eigenvalue weighted by atomic mass is 79.9. The summed E-state index contributed by atoms with van der Waals surface area (Å²) in [5.41, 5.74) is 1.00. The summed E-state index contributed by atoms with van der Waals surface area (Å²) in [7, 11) is 0. The molecule has 2 aromatic carbocycles. The first-order valence-electron chi connectivity index (χ1n) is 9.61. The lowest BCUT2D eigenvalue weighted by Gasteiger charge is -2.14. The number of benzene rings is 2. The molecule has 1 saturated heterocycles. The van der Waals surface area contributed by atoms with Gasteiger partial charge in [0.2, 0.25) is 0 Å². The number of carbonyl (C=O) groups is 1. The fraction of sp³-hybridized carbons (Fsp3) is 0.130. The molecule has 3 aromatic rings. The van der Waals surface area contributed by atoms with Crippen molar-refractivity contribution >= 4 is 50.9 Å². The Kier molecular flexibility index (Phi) is 6.39. The summed E-state index contributed by atoms with van der Waals surface area (Å²) in [6, 6.07) is 18.4. The van der Waals surface area contributed by atoms with Crippen molar-refractivity contribution < 1.29 is 18.7 Å². The number of amides is 1. The largest absolute Gasteiger partial charge is 0.494 e. The van der Waals surface area contributed by atoms with E-state index in [1.165, 1.54) is 4.90 Å². The molecule has 2 heterocycles. The second-order valence-electron chi connectivity index (χ2n) is 6.58. The molecular formula is C23H19BrN2O4S. The van der Waals surface area contributed by atoms with E-state index in [-0.39, 0.29) is 12.5 Å². The summed E-state index contributed by atoms with van der Waals surface area (Å²) in [4.78, 5) is 14.3. The van der Waals surface area contributed by atoms with E-state index in [4.69, 9.17) is 26.1 Å². The summed E-state index contributed by atoms with van der Waals surface area (Å²) in [5.74, 6) is 2.37. The highest BCUT2D eigenvalue weighted by molar-refractivity contribution is 9.10. The highest BCUT2D eigenvalue weighted by Crippen LogP contribution is 2.27. The van der Waals surface area contributed by atoms with E-state index in [1.807, 2.05) is 37.3 Å². The molecular weight excluding hydrogens is 480 g/mol. The number of hydrogen-bond acceptors (Lipinski definition) is 5. The summed E-state index contributed by atoms with van der Waals surface area (Å²) < 4.78 is 17.9. The van der Waals surface area contributed by atoms with E-state index in [1.54, 1.807) is 36.4 Å². The lowest BCUT2D eigenvalue weighted by molar-refractivity contribution is -0.113. The molecule has 1 aliphatic rings. The van der Waals surface area contributed by atoms with Crippen LogP contribution < -0.4 is 19.7 Å². The Bertz CT molecular complexity index is 1140. The smallest absolute Gasteiger partial charge is 0.281 e. The molecule has 0 aliphatic carbocycles. The number of rotatable bonds is 7. The van der Waals surface area contributed by atoms with Crippen LogP contribution in [0.2, 0.25) is 0 Å². The van der Waals surface area contributed by atoms with Gasteiger partial charge >= 0.3 is 0 Å². The molecule has 8 heteroatoms. The van der Waals surface area contributed by atoms with E-state index < -0.39 is 0 Å². The third-order valence-corrected chi connectivity index (χ3v) is 5.40. The van der Waals surface area contributed by atoms with Gasteiger partial charge in [0.15, 0.2) is 5.11 Å². The van der Waals surface area contributed by atoms with Gasteiger partial charge in [0.25, 0.3) is 5.91 Å². The van der Waals surface area contributed by atoms with Gasteiger partial charge in [-0.2, -0.15) is 0 Å². The molecule has 31 heavy (non-hydrogen) atoms. The molecule has 1 aromatic heterocycles. The third-order valence-electron chi connectivity index (χ3n) is 4.46. The maximum absolute atomic E-state index is 12.9. The number of furan rings is 1. The Morgan fingerprint density at radius 2 is 1.87 bits per heavy atom. The number of anilines is 1. The van der Waals surface area contributed by atoms with Crippen molar-refractivity contribution in [2.75, 3.05) is 11.5 Å². The minimum absolute atomic E-state index is 0.253. The van der Waals surface area contributed by atoms with Crippen LogP contribution in [0.15, 0.2) is 75.3 Å². The molecule has 0 atom stereocenters. The van der Waals surface area contributed by atoms with E-state index >= 15 is 0 Å². The molecule has 6 nitrogen and oxygen atoms in total. The molecule has 158 valence electrons. The zero-order chi connectivity index (χ0) is 21.8. The normalized spacial score (nSPS) is 14.8. The topological polar surface area (TPSA) is 63.9 Å². The molecule has 1 amide bonds. The predicted octanol–water partition coefficient (Wildman–Crippen LogP) is 5.28. The molecule has 4 rings (SSSR count). The van der Waals surface area contributed by atoms with Crippen LogP contribution in [0.1, 0.15) is 18.4 Å². The second-order valence-corrected chi connectivity index (χ2v) is 7.82. The van der Waals surface area contributed by atoms with Gasteiger partial charge in [-0.25, -0.2) is 0 Å². The van der Waals surface area contributed by atoms with Gasteiger partial charge < -0.3 is 19.2 Å². The number of nitrogens with zero attached hydrogens (tertiary/aromatic N) is 1. The minimum atomic E-state index is -0.253. The second kappa shape index (κ2) is 9.36. The molecule has 0 saturated carbocycles. The molecule has 0 radical (unpaired) electrons. The van der Waals surface area contributed by atoms with Crippen molar-refractivity contribution in [3.63, 3.8) is 0 Å². The zero-order valence-corrected chi connectivity index (χ0v) is 19.0. The summed E-state index contributed by atoms with van der Waals surface area (Å²) in [5, 5.41) is 3.26. The number of carbonyl (C=O) groups excluding carboxylic acids is 1. The lowest BCUT2D eigenvalue weighted by Crippen LogP contribution is -2.30. The van der Waals surface area contributed by atoms with Crippen LogP contribution in [0.4, 0.5) is 5.69 Å². The van der Waals surface area contributed by atoms with Gasteiger partial charge in [-0.15, -0.1) is 0 Å². The minimum Gasteiger partial charge on any atom is -0.494 e. The number of ether oxygens (including phenoxy) is 2. The van der Waals surface area contributed by atoms with E-state index in [9.17, 15) is 4.79 Å². The van der Waals surface area contributed by atoms with Gasteiger partial charge in [0.1, 0.15) is 35.3 Å². The maximum atomic E-state index is 12.9. The number of halogens is 1. The van der Waals surface area contributed by atoms with Crippen LogP contribution in [0.3, 0.4) is 0 Å². The van der Waals surface area contributed by atoms with E-state index in [0.29, 0.717) is 34.6 Å². The molecule has 1 fully saturated rings. The Morgan fingerprint density at radius 1 is 1.10 bits per heavy atom. The summed E-state index contributed by atoms with van der Waals surface area (Å²) in [6.45, 7) is 2.76. The monoisotopic (exact) mass is 498 g/mol. The molecule has 1 aliphatic heterocycles. The van der Waals surface area contributed by atoms with Gasteiger partial charge in [0.05, 0.1) is 16.8 Å². The fourth-order valence-corrected chi connectivity index (χ4v) is 3.73. The number of thiocarbonyl (C=S) groups is 1. The van der Waals surface area contributed by atoms with Crippen LogP contribution >= 0.6 is 28.1 Å². The number of nitrogens with one attached hydrogen (secondary N) is 1. The van der Waals surface area contributed by atoms with E-state index in [0.717, 1.165) is 16.0 Å². The number of para-hydroxylation sites is 1. The average Bonchev–Trinajstić information content (AvgIpc) is 3.32. The van der Waals surface area contributed by atoms with E-state index in [2.05, 4.69) is 21.2 Å². The van der Waals surface area contributed by atoms with Crippen LogP contribution in [0.25, 0.3) is 6.08 Å². The lowest BCUT2D eigenvalue weighted by atomic mass is 10.2. The van der Waals surface area contributed by atoms with Crippen molar-refractivity contribution in [3.05, 3.63) is 82.4 Å². The Morgan fingerprint density at radius 3 is 2.61 bits per heavy atom. The SMILES string of the molecule is CCOc1ccc(N2C(=O)/C(=C\c3ccc(COc4ccccc4Br)o3)NC2=S)cc1. The van der Waals surface area contributed by atoms with Crippen molar-refractivity contribution in [2.24, 2.45) is 0 Å². The molecule has 0 bridgehead atoms. The van der Waals surface area contributed by atoms with Crippen LogP contribution in [-0.4, -0.2) is 17.6 Å². The van der Waals surface area contributed by atoms with Gasteiger partial charge in [-0.3, -0.25) is 9.69 Å². The van der Waals surface area contributed by atoms with Crippen LogP contribution in [-0.2, 0) is 11.4 Å². The Hall–Kier alpha value is -3.10. The standard InChI is InChI=1S/C23H19BrN2O4S/c1-2-28-16-9-7-15(8-10-16)26-22(27)20(25-23(26)31)13-17-11-12-18(30-17)14-29-21-6-4-3-5-19(21)24/h3-13H,2,14H2,1H3,(H,25,31)/b20-13+.